The first kappa shape index (κ1) is 14.5. The summed E-state index contributed by atoms with van der Waals surface area (Å²) in [6.07, 6.45) is 8.17. The summed E-state index contributed by atoms with van der Waals surface area (Å²) in [7, 11) is 0. The van der Waals surface area contributed by atoms with Gasteiger partial charge in [0.2, 0.25) is 0 Å². The van der Waals surface area contributed by atoms with Crippen molar-refractivity contribution >= 4 is 14.5 Å². The van der Waals surface area contributed by atoms with Crippen molar-refractivity contribution in [3.05, 3.63) is 0 Å². The van der Waals surface area contributed by atoms with E-state index in [-0.39, 0.29) is 0 Å². The molecule has 0 saturated carbocycles. The van der Waals surface area contributed by atoms with Crippen LogP contribution in [-0.2, 0) is 8.53 Å². The lowest BCUT2D eigenvalue weighted by atomic mass is 10.2. The molecule has 3 heteroatoms. The molecule has 1 rings (SSSR count). The summed E-state index contributed by atoms with van der Waals surface area (Å²) in [6.45, 7) is 6.37. The molecule has 0 radical (unpaired) electrons. The fourth-order valence-electron chi connectivity index (χ4n) is 2.19. The van der Waals surface area contributed by atoms with E-state index in [2.05, 4.69) is 13.8 Å². The first-order valence-electron chi connectivity index (χ1n) is 7.10. The predicted octanol–water partition coefficient (Wildman–Crippen LogP) is 3.77. The Balaban J connectivity index is 2.13. The Morgan fingerprint density at radius 3 is 2.38 bits per heavy atom. The Kier molecular flexibility index (Phi) is 8.60. The van der Waals surface area contributed by atoms with Crippen LogP contribution in [0.15, 0.2) is 0 Å². The highest BCUT2D eigenvalue weighted by Gasteiger charge is 2.22. The van der Waals surface area contributed by atoms with Gasteiger partial charge in [-0.25, -0.2) is 0 Å². The number of ether oxygens (including phenoxy) is 1. The summed E-state index contributed by atoms with van der Waals surface area (Å²) in [5.41, 5.74) is 0. The highest BCUT2D eigenvalue weighted by atomic mass is 27.2. The van der Waals surface area contributed by atoms with Gasteiger partial charge in [0.1, 0.15) is 0 Å². The van der Waals surface area contributed by atoms with Gasteiger partial charge in [-0.2, -0.15) is 0 Å². The van der Waals surface area contributed by atoms with Crippen molar-refractivity contribution in [2.24, 2.45) is 0 Å². The molecule has 0 amide bonds. The van der Waals surface area contributed by atoms with Gasteiger partial charge < -0.3 is 8.53 Å². The molecule has 0 bridgehead atoms. The molecule has 0 aromatic carbocycles. The zero-order chi connectivity index (χ0) is 11.6. The summed E-state index contributed by atoms with van der Waals surface area (Å²) in [6, 6.07) is 0. The Hall–Kier alpha value is 0.452. The number of rotatable bonds is 9. The zero-order valence-corrected chi connectivity index (χ0v) is 12.2. The molecule has 94 valence electrons. The average Bonchev–Trinajstić information content (AvgIpc) is 2.81. The number of hydrogen-bond acceptors (Lipinski definition) is 2. The largest absolute Gasteiger partial charge is 0.499 e. The van der Waals surface area contributed by atoms with Crippen molar-refractivity contribution in [2.45, 2.75) is 69.0 Å². The third-order valence-corrected chi connectivity index (χ3v) is 6.07. The van der Waals surface area contributed by atoms with Crippen LogP contribution in [0.2, 0.25) is 10.6 Å². The molecule has 1 fully saturated rings. The molecular weight excluding hydrogens is 215 g/mol. The first-order valence-corrected chi connectivity index (χ1v) is 9.20. The van der Waals surface area contributed by atoms with Crippen LogP contribution in [-0.4, -0.2) is 33.8 Å². The van der Waals surface area contributed by atoms with E-state index in [1.807, 2.05) is 0 Å². The third-order valence-electron chi connectivity index (χ3n) is 3.30. The maximum atomic E-state index is 6.14. The van der Waals surface area contributed by atoms with Crippen LogP contribution >= 0.6 is 0 Å². The summed E-state index contributed by atoms with van der Waals surface area (Å²) < 4.78 is 11.8. The fourth-order valence-corrected chi connectivity index (χ4v) is 5.03. The molecule has 1 unspecified atom stereocenters. The van der Waals surface area contributed by atoms with Gasteiger partial charge in [0.25, 0.3) is 0 Å². The standard InChI is InChI=1S/C5H9O2.2C4H9.Al/c6-4-5-2-1-3-7-5;2*1-3-4-2;/h5H,1-4H2;2*1,3-4H2,2H3;/q-1;;;+1. The van der Waals surface area contributed by atoms with E-state index in [0.29, 0.717) is 6.10 Å². The highest BCUT2D eigenvalue weighted by molar-refractivity contribution is 6.51. The van der Waals surface area contributed by atoms with Crippen molar-refractivity contribution in [1.82, 2.24) is 0 Å². The van der Waals surface area contributed by atoms with Gasteiger partial charge in [-0.15, -0.1) is 0 Å². The van der Waals surface area contributed by atoms with Crippen LogP contribution < -0.4 is 0 Å². The van der Waals surface area contributed by atoms with E-state index in [1.165, 1.54) is 49.1 Å². The van der Waals surface area contributed by atoms with Crippen molar-refractivity contribution in [1.29, 1.82) is 0 Å². The van der Waals surface area contributed by atoms with Crippen LogP contribution in [0.25, 0.3) is 0 Å². The van der Waals surface area contributed by atoms with Gasteiger partial charge in [0.15, 0.2) is 0 Å². The molecule has 1 aliphatic rings. The second-order valence-corrected chi connectivity index (χ2v) is 7.61. The van der Waals surface area contributed by atoms with Crippen molar-refractivity contribution in [2.75, 3.05) is 13.2 Å². The maximum absolute atomic E-state index is 6.14. The van der Waals surface area contributed by atoms with E-state index < -0.39 is 14.5 Å². The van der Waals surface area contributed by atoms with Crippen LogP contribution in [0.4, 0.5) is 0 Å². The molecule has 1 saturated heterocycles. The zero-order valence-electron chi connectivity index (χ0n) is 11.0. The molecule has 0 aromatic heterocycles. The lowest BCUT2D eigenvalue weighted by Crippen LogP contribution is -2.24. The maximum Gasteiger partial charge on any atom is 0.460 e. The first-order chi connectivity index (χ1) is 7.86. The number of unbranched alkanes of at least 4 members (excludes halogenated alkanes) is 2. The smallest absolute Gasteiger partial charge is 0.460 e. The predicted molar refractivity (Wildman–Crippen MR) is 70.1 cm³/mol. The molecule has 0 aliphatic carbocycles. The highest BCUT2D eigenvalue weighted by Crippen LogP contribution is 2.16. The lowest BCUT2D eigenvalue weighted by molar-refractivity contribution is 0.0667. The molecule has 0 N–H and O–H groups in total. The van der Waals surface area contributed by atoms with Gasteiger partial charge in [-0.05, 0) is 12.8 Å². The summed E-state index contributed by atoms with van der Waals surface area (Å²) >= 11 is -0.905. The minimum absolute atomic E-state index is 0.415. The quantitative estimate of drug-likeness (QED) is 0.573. The minimum atomic E-state index is -0.905. The molecule has 0 aromatic rings. The molecule has 16 heavy (non-hydrogen) atoms. The molecule has 1 aliphatic heterocycles. The van der Waals surface area contributed by atoms with Gasteiger partial charge in [-0.3, -0.25) is 0 Å². The summed E-state index contributed by atoms with van der Waals surface area (Å²) in [4.78, 5) is 0. The van der Waals surface area contributed by atoms with E-state index in [4.69, 9.17) is 8.53 Å². The van der Waals surface area contributed by atoms with E-state index in [9.17, 15) is 0 Å². The Labute approximate surface area is 105 Å². The Morgan fingerprint density at radius 2 is 1.88 bits per heavy atom. The van der Waals surface area contributed by atoms with Crippen molar-refractivity contribution in [3.63, 3.8) is 0 Å². The third kappa shape index (κ3) is 6.25. The van der Waals surface area contributed by atoms with Gasteiger partial charge in [0, 0.05) is 13.2 Å². The van der Waals surface area contributed by atoms with Gasteiger partial charge in [0.05, 0.1) is 6.10 Å². The molecular formula is C13H27AlO2. The summed E-state index contributed by atoms with van der Waals surface area (Å²) in [5, 5.41) is 2.73. The second kappa shape index (κ2) is 9.48. The van der Waals surface area contributed by atoms with E-state index >= 15 is 0 Å². The van der Waals surface area contributed by atoms with E-state index in [0.717, 1.165) is 13.2 Å². The molecule has 2 nitrogen and oxygen atoms in total. The average molecular weight is 242 g/mol. The van der Waals surface area contributed by atoms with Crippen molar-refractivity contribution in [3.8, 4) is 0 Å². The fraction of sp³-hybridized carbons (Fsp3) is 1.00. The number of hydrogen-bond donors (Lipinski definition) is 0. The normalized spacial score (nSPS) is 20.2. The molecule has 1 atom stereocenters. The monoisotopic (exact) mass is 242 g/mol. The molecule has 0 spiro atoms. The SMILES string of the molecule is CCC[CH2][Al]([CH2]CCC)[O]CC1CCCO1. The Bertz CT molecular complexity index is 150. The van der Waals surface area contributed by atoms with E-state index in [1.54, 1.807) is 0 Å². The lowest BCUT2D eigenvalue weighted by Gasteiger charge is -2.16. The van der Waals surface area contributed by atoms with Gasteiger partial charge >= 0.3 is 14.5 Å². The van der Waals surface area contributed by atoms with Crippen LogP contribution in [0.3, 0.4) is 0 Å². The van der Waals surface area contributed by atoms with Gasteiger partial charge in [-0.1, -0.05) is 50.1 Å². The molecule has 1 heterocycles. The topological polar surface area (TPSA) is 18.5 Å². The van der Waals surface area contributed by atoms with Crippen LogP contribution in [0.1, 0.15) is 52.4 Å². The second-order valence-electron chi connectivity index (χ2n) is 4.87. The van der Waals surface area contributed by atoms with Crippen LogP contribution in [0, 0.1) is 0 Å². The summed E-state index contributed by atoms with van der Waals surface area (Å²) in [5.74, 6) is 0. The van der Waals surface area contributed by atoms with Crippen LogP contribution in [0.5, 0.6) is 0 Å². The van der Waals surface area contributed by atoms with Crippen molar-refractivity contribution < 1.29 is 8.53 Å². The minimum Gasteiger partial charge on any atom is -0.499 e. The Morgan fingerprint density at radius 1 is 1.19 bits per heavy atom.